The van der Waals surface area contributed by atoms with Crippen LogP contribution in [-0.2, 0) is 6.42 Å². The number of hydrogen-bond acceptors (Lipinski definition) is 2. The number of hydrogen-bond donors (Lipinski definition) is 1. The van der Waals surface area contributed by atoms with E-state index in [2.05, 4.69) is 75.3 Å². The summed E-state index contributed by atoms with van der Waals surface area (Å²) in [6.07, 6.45) is 3.64. The molecule has 0 saturated heterocycles. The van der Waals surface area contributed by atoms with Crippen LogP contribution in [0.25, 0.3) is 0 Å². The molecule has 0 bridgehead atoms. The van der Waals surface area contributed by atoms with E-state index in [0.29, 0.717) is 6.04 Å². The van der Waals surface area contributed by atoms with Gasteiger partial charge in [-0.2, -0.15) is 0 Å². The fourth-order valence-electron chi connectivity index (χ4n) is 2.25. The smallest absolute Gasteiger partial charge is 0.00965 e. The van der Waals surface area contributed by atoms with Crippen molar-refractivity contribution in [1.82, 2.24) is 10.2 Å². The summed E-state index contributed by atoms with van der Waals surface area (Å²) < 4.78 is 0. The van der Waals surface area contributed by atoms with E-state index in [9.17, 15) is 0 Å². The van der Waals surface area contributed by atoms with Crippen LogP contribution in [0.5, 0.6) is 0 Å². The molecule has 1 aromatic rings. The molecule has 1 N–H and O–H groups in total. The van der Waals surface area contributed by atoms with Crippen molar-refractivity contribution in [2.75, 3.05) is 20.1 Å². The zero-order chi connectivity index (χ0) is 15.0. The van der Waals surface area contributed by atoms with Gasteiger partial charge in [0.2, 0.25) is 0 Å². The van der Waals surface area contributed by atoms with E-state index >= 15 is 0 Å². The number of likely N-dealkylation sites (N-methyl/N-ethyl adjacent to an activating group) is 1. The average Bonchev–Trinajstić information content (AvgIpc) is 2.40. The van der Waals surface area contributed by atoms with E-state index in [1.807, 2.05) is 0 Å². The molecule has 1 rings (SSSR count). The fourth-order valence-corrected chi connectivity index (χ4v) is 2.25. The molecule has 0 aliphatic heterocycles. The van der Waals surface area contributed by atoms with E-state index in [-0.39, 0.29) is 5.54 Å². The van der Waals surface area contributed by atoms with Crippen LogP contribution in [0, 0.1) is 0 Å². The molecule has 20 heavy (non-hydrogen) atoms. The van der Waals surface area contributed by atoms with Crippen LogP contribution in [0.3, 0.4) is 0 Å². The SMILES string of the molecule is CC(CCCNC(C)(C)C)N(C)CCc1ccccc1. The summed E-state index contributed by atoms with van der Waals surface area (Å²) in [7, 11) is 2.24. The van der Waals surface area contributed by atoms with Gasteiger partial charge in [0.05, 0.1) is 0 Å². The summed E-state index contributed by atoms with van der Waals surface area (Å²) in [6, 6.07) is 11.4. The molecule has 0 spiro atoms. The van der Waals surface area contributed by atoms with Gasteiger partial charge in [0.15, 0.2) is 0 Å². The van der Waals surface area contributed by atoms with E-state index in [4.69, 9.17) is 0 Å². The number of nitrogens with zero attached hydrogens (tertiary/aromatic N) is 1. The van der Waals surface area contributed by atoms with E-state index in [1.165, 1.54) is 18.4 Å². The molecule has 1 aromatic carbocycles. The highest BCUT2D eigenvalue weighted by Crippen LogP contribution is 2.07. The third-order valence-corrected chi connectivity index (χ3v) is 3.80. The molecule has 1 unspecified atom stereocenters. The first kappa shape index (κ1) is 17.2. The molecule has 0 aromatic heterocycles. The van der Waals surface area contributed by atoms with Gasteiger partial charge in [0, 0.05) is 18.1 Å². The summed E-state index contributed by atoms with van der Waals surface area (Å²) in [4.78, 5) is 2.48. The van der Waals surface area contributed by atoms with Crippen LogP contribution in [-0.4, -0.2) is 36.6 Å². The lowest BCUT2D eigenvalue weighted by Gasteiger charge is -2.26. The molecule has 0 saturated carbocycles. The Labute approximate surface area is 125 Å². The predicted molar refractivity (Wildman–Crippen MR) is 89.2 cm³/mol. The van der Waals surface area contributed by atoms with Gasteiger partial charge >= 0.3 is 0 Å². The van der Waals surface area contributed by atoms with Crippen LogP contribution in [0.1, 0.15) is 46.1 Å². The van der Waals surface area contributed by atoms with Crippen LogP contribution in [0.2, 0.25) is 0 Å². The second-order valence-electron chi connectivity index (χ2n) is 6.88. The molecule has 114 valence electrons. The van der Waals surface area contributed by atoms with Crippen molar-refractivity contribution in [3.05, 3.63) is 35.9 Å². The lowest BCUT2D eigenvalue weighted by molar-refractivity contribution is 0.243. The molecule has 2 heteroatoms. The minimum absolute atomic E-state index is 0.239. The minimum atomic E-state index is 0.239. The topological polar surface area (TPSA) is 15.3 Å². The Morgan fingerprint density at radius 1 is 1.15 bits per heavy atom. The molecule has 2 nitrogen and oxygen atoms in total. The molecule has 0 radical (unpaired) electrons. The number of benzene rings is 1. The Hall–Kier alpha value is -0.860. The Morgan fingerprint density at radius 3 is 2.40 bits per heavy atom. The van der Waals surface area contributed by atoms with Gasteiger partial charge in [0.1, 0.15) is 0 Å². The third kappa shape index (κ3) is 7.66. The molecule has 0 amide bonds. The number of nitrogens with one attached hydrogen (secondary N) is 1. The van der Waals surface area contributed by atoms with Gasteiger partial charge in [0.25, 0.3) is 0 Å². The summed E-state index contributed by atoms with van der Waals surface area (Å²) in [5, 5.41) is 3.56. The van der Waals surface area contributed by atoms with Gasteiger partial charge < -0.3 is 10.2 Å². The van der Waals surface area contributed by atoms with Crippen LogP contribution in [0.15, 0.2) is 30.3 Å². The Kier molecular flexibility index (Phi) is 7.25. The van der Waals surface area contributed by atoms with Crippen molar-refractivity contribution in [3.8, 4) is 0 Å². The maximum atomic E-state index is 3.56. The molecule has 1 atom stereocenters. The highest BCUT2D eigenvalue weighted by Gasteiger charge is 2.11. The molecule has 0 aliphatic carbocycles. The Morgan fingerprint density at radius 2 is 1.80 bits per heavy atom. The van der Waals surface area contributed by atoms with Gasteiger partial charge in [-0.25, -0.2) is 0 Å². The first-order chi connectivity index (χ1) is 9.38. The quantitative estimate of drug-likeness (QED) is 0.728. The van der Waals surface area contributed by atoms with Crippen LogP contribution >= 0.6 is 0 Å². The van der Waals surface area contributed by atoms with E-state index in [1.54, 1.807) is 0 Å². The lowest BCUT2D eigenvalue weighted by atomic mass is 10.1. The van der Waals surface area contributed by atoms with Crippen molar-refractivity contribution >= 4 is 0 Å². The summed E-state index contributed by atoms with van der Waals surface area (Å²) in [6.45, 7) is 11.3. The standard InChI is InChI=1S/C18H32N2/c1-16(10-9-14-19-18(2,3)4)20(5)15-13-17-11-7-6-8-12-17/h6-8,11-12,16,19H,9-10,13-15H2,1-5H3. The Balaban J connectivity index is 2.17. The van der Waals surface area contributed by atoms with Gasteiger partial charge in [-0.1, -0.05) is 30.3 Å². The maximum Gasteiger partial charge on any atom is 0.00965 e. The average molecular weight is 276 g/mol. The monoisotopic (exact) mass is 276 g/mol. The highest BCUT2D eigenvalue weighted by molar-refractivity contribution is 5.14. The Bertz CT molecular complexity index is 353. The van der Waals surface area contributed by atoms with Crippen molar-refractivity contribution in [3.63, 3.8) is 0 Å². The van der Waals surface area contributed by atoms with Crippen LogP contribution in [0.4, 0.5) is 0 Å². The summed E-state index contributed by atoms with van der Waals surface area (Å²) >= 11 is 0. The third-order valence-electron chi connectivity index (χ3n) is 3.80. The molecular formula is C18H32N2. The zero-order valence-corrected chi connectivity index (χ0v) is 13.9. The van der Waals surface area contributed by atoms with E-state index in [0.717, 1.165) is 19.5 Å². The van der Waals surface area contributed by atoms with Crippen LogP contribution < -0.4 is 5.32 Å². The molecule has 0 heterocycles. The largest absolute Gasteiger partial charge is 0.312 e. The zero-order valence-electron chi connectivity index (χ0n) is 13.9. The minimum Gasteiger partial charge on any atom is -0.312 e. The second-order valence-corrected chi connectivity index (χ2v) is 6.88. The lowest BCUT2D eigenvalue weighted by Crippen LogP contribution is -2.37. The molecule has 0 fully saturated rings. The van der Waals surface area contributed by atoms with Gasteiger partial charge in [-0.15, -0.1) is 0 Å². The maximum absolute atomic E-state index is 3.56. The number of rotatable bonds is 8. The van der Waals surface area contributed by atoms with Gasteiger partial charge in [-0.05, 0) is 66.1 Å². The molecule has 0 aliphatic rings. The van der Waals surface area contributed by atoms with E-state index < -0.39 is 0 Å². The van der Waals surface area contributed by atoms with Crippen molar-refractivity contribution in [2.24, 2.45) is 0 Å². The first-order valence-electron chi connectivity index (χ1n) is 7.88. The normalized spacial score (nSPS) is 13.7. The predicted octanol–water partition coefficient (Wildman–Crippen LogP) is 3.72. The molecular weight excluding hydrogens is 244 g/mol. The van der Waals surface area contributed by atoms with Gasteiger partial charge in [-0.3, -0.25) is 0 Å². The summed E-state index contributed by atoms with van der Waals surface area (Å²) in [5.74, 6) is 0. The fraction of sp³-hybridized carbons (Fsp3) is 0.667. The second kappa shape index (κ2) is 8.43. The van der Waals surface area contributed by atoms with Crippen molar-refractivity contribution in [2.45, 2.75) is 58.5 Å². The summed E-state index contributed by atoms with van der Waals surface area (Å²) in [5.41, 5.74) is 1.67. The van der Waals surface area contributed by atoms with Crippen molar-refractivity contribution < 1.29 is 0 Å². The van der Waals surface area contributed by atoms with Crippen molar-refractivity contribution in [1.29, 1.82) is 0 Å². The first-order valence-corrected chi connectivity index (χ1v) is 7.88. The highest BCUT2D eigenvalue weighted by atomic mass is 15.1.